The highest BCUT2D eigenvalue weighted by molar-refractivity contribution is 6.07. The number of hydrogen-bond acceptors (Lipinski definition) is 5. The fourth-order valence-electron chi connectivity index (χ4n) is 5.07. The van der Waals surface area contributed by atoms with E-state index in [2.05, 4.69) is 15.5 Å². The second-order valence-electron chi connectivity index (χ2n) is 10.0. The van der Waals surface area contributed by atoms with Crippen molar-refractivity contribution in [3.8, 4) is 0 Å². The first-order valence-electron chi connectivity index (χ1n) is 13.2. The van der Waals surface area contributed by atoms with Crippen molar-refractivity contribution in [3.05, 3.63) is 59.4 Å². The molecular weight excluding hydrogens is 473 g/mol. The number of halogens is 1. The van der Waals surface area contributed by atoms with Crippen LogP contribution < -0.4 is 15.5 Å². The molecule has 2 heterocycles. The van der Waals surface area contributed by atoms with Crippen molar-refractivity contribution in [3.63, 3.8) is 0 Å². The lowest BCUT2D eigenvalue weighted by Crippen LogP contribution is -2.36. The molecule has 9 heteroatoms. The molecule has 0 bridgehead atoms. The molecule has 3 aliphatic rings. The molecule has 37 heavy (non-hydrogen) atoms. The summed E-state index contributed by atoms with van der Waals surface area (Å²) >= 11 is 0. The van der Waals surface area contributed by atoms with Crippen LogP contribution >= 0.6 is 0 Å². The fraction of sp³-hybridized carbons (Fsp3) is 0.464. The zero-order valence-electron chi connectivity index (χ0n) is 21.0. The van der Waals surface area contributed by atoms with E-state index in [1.807, 2.05) is 21.9 Å². The van der Waals surface area contributed by atoms with Gasteiger partial charge in [0, 0.05) is 62.9 Å². The van der Waals surface area contributed by atoms with E-state index in [1.165, 1.54) is 18.2 Å². The Kier molecular flexibility index (Phi) is 7.69. The van der Waals surface area contributed by atoms with E-state index in [0.717, 1.165) is 57.5 Å². The molecule has 2 saturated heterocycles. The van der Waals surface area contributed by atoms with Crippen molar-refractivity contribution < 1.29 is 18.8 Å². The van der Waals surface area contributed by atoms with Crippen LogP contribution in [0.5, 0.6) is 0 Å². The Morgan fingerprint density at radius 1 is 0.838 bits per heavy atom. The van der Waals surface area contributed by atoms with Gasteiger partial charge < -0.3 is 25.3 Å². The average molecular weight is 508 g/mol. The zero-order valence-corrected chi connectivity index (χ0v) is 21.0. The first-order valence-corrected chi connectivity index (χ1v) is 13.2. The Morgan fingerprint density at radius 3 is 2.49 bits per heavy atom. The molecule has 1 saturated carbocycles. The van der Waals surface area contributed by atoms with Gasteiger partial charge in [0.05, 0.1) is 11.4 Å². The monoisotopic (exact) mass is 507 g/mol. The van der Waals surface area contributed by atoms with Crippen molar-refractivity contribution in [1.29, 1.82) is 0 Å². The summed E-state index contributed by atoms with van der Waals surface area (Å²) in [6.45, 7) is 5.63. The molecule has 0 unspecified atom stereocenters. The normalized spacial score (nSPS) is 18.7. The van der Waals surface area contributed by atoms with Crippen LogP contribution in [-0.4, -0.2) is 79.9 Å². The minimum Gasteiger partial charge on any atom is -0.368 e. The van der Waals surface area contributed by atoms with Crippen LogP contribution in [0, 0.1) is 11.7 Å². The molecule has 196 valence electrons. The van der Waals surface area contributed by atoms with Gasteiger partial charge >= 0.3 is 0 Å². The Morgan fingerprint density at radius 2 is 1.68 bits per heavy atom. The Balaban J connectivity index is 1.40. The van der Waals surface area contributed by atoms with Crippen LogP contribution in [0.2, 0.25) is 0 Å². The van der Waals surface area contributed by atoms with Gasteiger partial charge in [0.2, 0.25) is 5.91 Å². The summed E-state index contributed by atoms with van der Waals surface area (Å²) in [6.07, 6.45) is 3.67. The van der Waals surface area contributed by atoms with E-state index in [9.17, 15) is 18.8 Å². The van der Waals surface area contributed by atoms with Gasteiger partial charge in [-0.1, -0.05) is 6.07 Å². The van der Waals surface area contributed by atoms with E-state index in [0.29, 0.717) is 37.4 Å². The van der Waals surface area contributed by atoms with Crippen LogP contribution in [0.25, 0.3) is 0 Å². The van der Waals surface area contributed by atoms with E-state index in [4.69, 9.17) is 0 Å². The number of amides is 3. The molecule has 0 spiro atoms. The number of hydrogen-bond donors (Lipinski definition) is 2. The molecular formula is C28H34FN5O3. The first-order chi connectivity index (χ1) is 18.0. The lowest BCUT2D eigenvalue weighted by Gasteiger charge is -2.27. The number of carbonyl (C=O) groups excluding carboxylic acids is 3. The number of nitrogens with one attached hydrogen (secondary N) is 2. The Hall–Kier alpha value is -3.46. The van der Waals surface area contributed by atoms with Crippen molar-refractivity contribution in [1.82, 2.24) is 15.1 Å². The summed E-state index contributed by atoms with van der Waals surface area (Å²) in [7, 11) is 0. The molecule has 0 atom stereocenters. The molecule has 5 rings (SSSR count). The van der Waals surface area contributed by atoms with Crippen molar-refractivity contribution in [2.24, 2.45) is 5.92 Å². The minimum absolute atomic E-state index is 0.0754. The highest BCUT2D eigenvalue weighted by atomic mass is 19.1. The van der Waals surface area contributed by atoms with Crippen molar-refractivity contribution >= 4 is 29.1 Å². The molecule has 1 aliphatic carbocycles. The third-order valence-electron chi connectivity index (χ3n) is 7.28. The van der Waals surface area contributed by atoms with Gasteiger partial charge in [-0.15, -0.1) is 0 Å². The lowest BCUT2D eigenvalue weighted by molar-refractivity contribution is -0.132. The summed E-state index contributed by atoms with van der Waals surface area (Å²) in [4.78, 5) is 44.9. The summed E-state index contributed by atoms with van der Waals surface area (Å²) < 4.78 is 13.8. The van der Waals surface area contributed by atoms with Gasteiger partial charge in [-0.2, -0.15) is 0 Å². The number of anilines is 2. The maximum Gasteiger partial charge on any atom is 0.255 e. The maximum absolute atomic E-state index is 13.8. The zero-order chi connectivity index (χ0) is 25.8. The van der Waals surface area contributed by atoms with Crippen LogP contribution in [0.3, 0.4) is 0 Å². The first kappa shape index (κ1) is 25.2. The second kappa shape index (κ2) is 11.3. The smallest absolute Gasteiger partial charge is 0.255 e. The van der Waals surface area contributed by atoms with E-state index in [-0.39, 0.29) is 23.3 Å². The van der Waals surface area contributed by atoms with Crippen molar-refractivity contribution in [2.45, 2.75) is 25.7 Å². The average Bonchev–Trinajstić information content (AvgIpc) is 3.76. The summed E-state index contributed by atoms with van der Waals surface area (Å²) in [5, 5.41) is 6.24. The molecule has 3 fully saturated rings. The summed E-state index contributed by atoms with van der Waals surface area (Å²) in [5.41, 5.74) is 2.01. The molecule has 8 nitrogen and oxygen atoms in total. The minimum atomic E-state index is -0.487. The van der Waals surface area contributed by atoms with Gasteiger partial charge in [0.15, 0.2) is 0 Å². The molecule has 2 aromatic rings. The number of carbonyl (C=O) groups is 3. The van der Waals surface area contributed by atoms with Gasteiger partial charge in [0.1, 0.15) is 5.82 Å². The van der Waals surface area contributed by atoms with Crippen LogP contribution in [0.15, 0.2) is 42.5 Å². The SMILES string of the molecule is O=C(Nc1cc(C(=O)N2CCCNCC2)ccc1N1CCCN(C(=O)C2CC2)CC1)c1cccc(F)c1. The molecule has 2 aromatic carbocycles. The predicted octanol–water partition coefficient (Wildman–Crippen LogP) is 2.96. The van der Waals surface area contributed by atoms with Gasteiger partial charge in [0.25, 0.3) is 11.8 Å². The summed E-state index contributed by atoms with van der Waals surface area (Å²) in [6, 6.07) is 11.0. The van der Waals surface area contributed by atoms with Crippen LogP contribution in [0.1, 0.15) is 46.4 Å². The number of nitrogens with zero attached hydrogens (tertiary/aromatic N) is 3. The third kappa shape index (κ3) is 6.10. The molecule has 2 aliphatic heterocycles. The van der Waals surface area contributed by atoms with E-state index >= 15 is 0 Å². The quantitative estimate of drug-likeness (QED) is 0.650. The molecule has 0 radical (unpaired) electrons. The largest absolute Gasteiger partial charge is 0.368 e. The topological polar surface area (TPSA) is 85.0 Å². The third-order valence-corrected chi connectivity index (χ3v) is 7.28. The molecule has 0 aromatic heterocycles. The molecule has 2 N–H and O–H groups in total. The predicted molar refractivity (Wildman–Crippen MR) is 140 cm³/mol. The highest BCUT2D eigenvalue weighted by Crippen LogP contribution is 2.33. The van der Waals surface area contributed by atoms with Gasteiger partial charge in [-0.05, 0) is 68.6 Å². The maximum atomic E-state index is 13.8. The lowest BCUT2D eigenvalue weighted by atomic mass is 10.1. The van der Waals surface area contributed by atoms with Gasteiger partial charge in [-0.3, -0.25) is 14.4 Å². The summed E-state index contributed by atoms with van der Waals surface area (Å²) in [5.74, 6) is -0.570. The second-order valence-corrected chi connectivity index (χ2v) is 10.0. The molecule has 3 amide bonds. The van der Waals surface area contributed by atoms with E-state index < -0.39 is 11.7 Å². The van der Waals surface area contributed by atoms with Crippen LogP contribution in [0.4, 0.5) is 15.8 Å². The Labute approximate surface area is 216 Å². The highest BCUT2D eigenvalue weighted by Gasteiger charge is 2.34. The van der Waals surface area contributed by atoms with E-state index in [1.54, 1.807) is 12.1 Å². The van der Waals surface area contributed by atoms with Crippen molar-refractivity contribution in [2.75, 3.05) is 62.6 Å². The Bertz CT molecular complexity index is 1160. The number of benzene rings is 2. The standard InChI is InChI=1S/C28H34FN5O3/c29-23-5-1-4-21(18-23)26(35)31-24-19-22(28(37)33-12-2-10-30-11-15-33)8-9-25(24)32-13-3-14-34(17-16-32)27(36)20-6-7-20/h1,4-5,8-9,18-20,30H,2-3,6-7,10-17H2,(H,31,35). The van der Waals surface area contributed by atoms with Crippen LogP contribution in [-0.2, 0) is 4.79 Å². The number of rotatable bonds is 5. The fourth-order valence-corrected chi connectivity index (χ4v) is 5.07. The van der Waals surface area contributed by atoms with Gasteiger partial charge in [-0.25, -0.2) is 4.39 Å².